The van der Waals surface area contributed by atoms with Gasteiger partial charge in [0.15, 0.2) is 0 Å². The molecule has 1 aliphatic heterocycles. The lowest BCUT2D eigenvalue weighted by Gasteiger charge is -2.36. The Bertz CT molecular complexity index is 610. The smallest absolute Gasteiger partial charge is 0.246 e. The first kappa shape index (κ1) is 16.5. The number of sulfonamides is 1. The largest absolute Gasteiger partial charge is 0.394 e. The number of aliphatic hydroxyl groups excluding tert-OH is 1. The third-order valence-electron chi connectivity index (χ3n) is 4.30. The van der Waals surface area contributed by atoms with Gasteiger partial charge >= 0.3 is 0 Å². The van der Waals surface area contributed by atoms with Gasteiger partial charge in [-0.25, -0.2) is 8.42 Å². The van der Waals surface area contributed by atoms with Crippen molar-refractivity contribution in [3.63, 3.8) is 0 Å². The summed E-state index contributed by atoms with van der Waals surface area (Å²) in [6, 6.07) is 0. The maximum Gasteiger partial charge on any atom is 0.246 e. The van der Waals surface area contributed by atoms with E-state index in [1.807, 2.05) is 0 Å². The van der Waals surface area contributed by atoms with Crippen LogP contribution in [0.25, 0.3) is 0 Å². The highest BCUT2D eigenvalue weighted by atomic mass is 32.2. The molecule has 6 nitrogen and oxygen atoms in total. The Hall–Kier alpha value is -0.920. The summed E-state index contributed by atoms with van der Waals surface area (Å²) in [6.07, 6.45) is 1.74. The van der Waals surface area contributed by atoms with Crippen molar-refractivity contribution in [2.45, 2.75) is 52.0 Å². The molecular formula is C14H25N3O3S. The van der Waals surface area contributed by atoms with Crippen molar-refractivity contribution in [3.8, 4) is 0 Å². The van der Waals surface area contributed by atoms with Crippen LogP contribution in [0.3, 0.4) is 0 Å². The molecule has 0 aliphatic carbocycles. The number of aryl methyl sites for hydroxylation is 1. The van der Waals surface area contributed by atoms with E-state index >= 15 is 0 Å². The van der Waals surface area contributed by atoms with Gasteiger partial charge in [0.25, 0.3) is 0 Å². The van der Waals surface area contributed by atoms with Gasteiger partial charge in [-0.1, -0.05) is 13.8 Å². The Morgan fingerprint density at radius 1 is 1.24 bits per heavy atom. The summed E-state index contributed by atoms with van der Waals surface area (Å²) >= 11 is 0. The fourth-order valence-corrected chi connectivity index (χ4v) is 4.64. The summed E-state index contributed by atoms with van der Waals surface area (Å²) in [6.45, 7) is 9.17. The molecule has 1 aromatic rings. The first-order valence-corrected chi connectivity index (χ1v) is 8.78. The lowest BCUT2D eigenvalue weighted by Crippen LogP contribution is -2.41. The zero-order valence-electron chi connectivity index (χ0n) is 13.3. The molecule has 0 radical (unpaired) electrons. The molecule has 1 saturated heterocycles. The first-order chi connectivity index (χ1) is 9.69. The van der Waals surface area contributed by atoms with Gasteiger partial charge in [-0.2, -0.15) is 9.40 Å². The second-order valence-electron chi connectivity index (χ2n) is 6.51. The highest BCUT2D eigenvalue weighted by Crippen LogP contribution is 2.33. The van der Waals surface area contributed by atoms with Crippen molar-refractivity contribution < 1.29 is 13.5 Å². The van der Waals surface area contributed by atoms with E-state index < -0.39 is 10.0 Å². The average Bonchev–Trinajstić information content (AvgIpc) is 2.65. The van der Waals surface area contributed by atoms with Gasteiger partial charge in [0.05, 0.1) is 24.5 Å². The van der Waals surface area contributed by atoms with E-state index in [-0.39, 0.29) is 12.0 Å². The second-order valence-corrected chi connectivity index (χ2v) is 8.39. The van der Waals surface area contributed by atoms with Crippen molar-refractivity contribution in [2.24, 2.45) is 5.41 Å². The van der Waals surface area contributed by atoms with E-state index in [9.17, 15) is 8.42 Å². The molecule has 0 bridgehead atoms. The van der Waals surface area contributed by atoms with Crippen LogP contribution in [0.5, 0.6) is 0 Å². The summed E-state index contributed by atoms with van der Waals surface area (Å²) in [5.74, 6) is 0. The van der Waals surface area contributed by atoms with E-state index in [4.69, 9.17) is 5.11 Å². The summed E-state index contributed by atoms with van der Waals surface area (Å²) in [5.41, 5.74) is 1.31. The Kier molecular flexibility index (Phi) is 4.46. The van der Waals surface area contributed by atoms with Crippen molar-refractivity contribution in [1.29, 1.82) is 0 Å². The van der Waals surface area contributed by atoms with Crippen molar-refractivity contribution in [3.05, 3.63) is 11.4 Å². The quantitative estimate of drug-likeness (QED) is 0.909. The van der Waals surface area contributed by atoms with Crippen LogP contribution in [0.1, 0.15) is 38.1 Å². The molecule has 2 heterocycles. The molecule has 0 spiro atoms. The summed E-state index contributed by atoms with van der Waals surface area (Å²) < 4.78 is 28.9. The third kappa shape index (κ3) is 3.14. The molecular weight excluding hydrogens is 290 g/mol. The van der Waals surface area contributed by atoms with Gasteiger partial charge in [-0.15, -0.1) is 0 Å². The maximum absolute atomic E-state index is 12.9. The standard InChI is InChI=1S/C14H25N3O3S/c1-11-13(12(2)17(15-11)9-10-18)21(19,20)16-7-5-14(3,4)6-8-16/h18H,5-10H2,1-4H3. The van der Waals surface area contributed by atoms with Gasteiger partial charge in [-0.3, -0.25) is 4.68 Å². The summed E-state index contributed by atoms with van der Waals surface area (Å²) in [7, 11) is -3.50. The van der Waals surface area contributed by atoms with Gasteiger partial charge in [0, 0.05) is 13.1 Å². The van der Waals surface area contributed by atoms with Crippen LogP contribution in [-0.2, 0) is 16.6 Å². The van der Waals surface area contributed by atoms with E-state index in [1.54, 1.807) is 22.8 Å². The Morgan fingerprint density at radius 2 is 1.81 bits per heavy atom. The zero-order valence-corrected chi connectivity index (χ0v) is 14.1. The lowest BCUT2D eigenvalue weighted by atomic mass is 9.83. The van der Waals surface area contributed by atoms with Crippen LogP contribution < -0.4 is 0 Å². The molecule has 120 valence electrons. The lowest BCUT2D eigenvalue weighted by molar-refractivity contribution is 0.195. The predicted octanol–water partition coefficient (Wildman–Crippen LogP) is 1.30. The average molecular weight is 315 g/mol. The Morgan fingerprint density at radius 3 is 2.33 bits per heavy atom. The Labute approximate surface area is 126 Å². The maximum atomic E-state index is 12.9. The fraction of sp³-hybridized carbons (Fsp3) is 0.786. The Balaban J connectivity index is 2.32. The number of hydrogen-bond acceptors (Lipinski definition) is 4. The molecule has 0 unspecified atom stereocenters. The van der Waals surface area contributed by atoms with Crippen molar-refractivity contribution in [2.75, 3.05) is 19.7 Å². The number of rotatable bonds is 4. The minimum Gasteiger partial charge on any atom is -0.394 e. The molecule has 1 aromatic heterocycles. The first-order valence-electron chi connectivity index (χ1n) is 7.34. The van der Waals surface area contributed by atoms with Gasteiger partial charge < -0.3 is 5.11 Å². The molecule has 1 N–H and O–H groups in total. The SMILES string of the molecule is Cc1nn(CCO)c(C)c1S(=O)(=O)N1CCC(C)(C)CC1. The molecule has 2 rings (SSSR count). The molecule has 7 heteroatoms. The van der Waals surface area contributed by atoms with Crippen LogP contribution in [0.4, 0.5) is 0 Å². The number of piperidine rings is 1. The summed E-state index contributed by atoms with van der Waals surface area (Å²) in [4.78, 5) is 0.302. The molecule has 0 saturated carbocycles. The van der Waals surface area contributed by atoms with Crippen LogP contribution in [0.2, 0.25) is 0 Å². The predicted molar refractivity (Wildman–Crippen MR) is 80.6 cm³/mol. The van der Waals surface area contributed by atoms with Crippen molar-refractivity contribution >= 4 is 10.0 Å². The number of aromatic nitrogens is 2. The molecule has 1 fully saturated rings. The molecule has 1 aliphatic rings. The zero-order chi connectivity index (χ0) is 15.8. The van der Waals surface area contributed by atoms with Crippen molar-refractivity contribution in [1.82, 2.24) is 14.1 Å². The summed E-state index contributed by atoms with van der Waals surface area (Å²) in [5, 5.41) is 13.3. The van der Waals surface area contributed by atoms with E-state index in [0.29, 0.717) is 35.9 Å². The minimum atomic E-state index is -3.50. The molecule has 0 atom stereocenters. The normalized spacial score (nSPS) is 19.9. The number of aliphatic hydroxyl groups is 1. The van der Waals surface area contributed by atoms with Gasteiger partial charge in [0.2, 0.25) is 10.0 Å². The van der Waals surface area contributed by atoms with Crippen LogP contribution in [0, 0.1) is 19.3 Å². The van der Waals surface area contributed by atoms with Crippen LogP contribution in [-0.4, -0.2) is 47.3 Å². The van der Waals surface area contributed by atoms with Gasteiger partial charge in [-0.05, 0) is 32.1 Å². The molecule has 0 amide bonds. The highest BCUT2D eigenvalue weighted by molar-refractivity contribution is 7.89. The number of hydrogen-bond donors (Lipinski definition) is 1. The molecule has 0 aromatic carbocycles. The topological polar surface area (TPSA) is 75.4 Å². The molecule has 21 heavy (non-hydrogen) atoms. The fourth-order valence-electron chi connectivity index (χ4n) is 2.83. The van der Waals surface area contributed by atoms with Crippen LogP contribution >= 0.6 is 0 Å². The van der Waals surface area contributed by atoms with Crippen LogP contribution in [0.15, 0.2) is 4.90 Å². The van der Waals surface area contributed by atoms with E-state index in [1.165, 1.54) is 0 Å². The number of nitrogens with zero attached hydrogens (tertiary/aromatic N) is 3. The highest BCUT2D eigenvalue weighted by Gasteiger charge is 2.35. The van der Waals surface area contributed by atoms with Gasteiger partial charge in [0.1, 0.15) is 4.90 Å². The van der Waals surface area contributed by atoms with E-state index in [2.05, 4.69) is 18.9 Å². The second kappa shape index (κ2) is 5.70. The van der Waals surface area contributed by atoms with E-state index in [0.717, 1.165) is 12.8 Å². The monoisotopic (exact) mass is 315 g/mol. The third-order valence-corrected chi connectivity index (χ3v) is 6.45. The minimum absolute atomic E-state index is 0.0562.